The van der Waals surface area contributed by atoms with E-state index < -0.39 is 0 Å². The van der Waals surface area contributed by atoms with E-state index in [1.165, 1.54) is 4.90 Å². The van der Waals surface area contributed by atoms with Crippen molar-refractivity contribution in [2.24, 2.45) is 0 Å². The lowest BCUT2D eigenvalue weighted by molar-refractivity contribution is -0.137. The van der Waals surface area contributed by atoms with Crippen LogP contribution in [-0.2, 0) is 16.1 Å². The Bertz CT molecular complexity index is 1180. The Morgan fingerprint density at radius 2 is 1.55 bits per heavy atom. The zero-order valence-electron chi connectivity index (χ0n) is 17.8. The third-order valence-corrected chi connectivity index (χ3v) is 5.50. The van der Waals surface area contributed by atoms with Gasteiger partial charge in [-0.3, -0.25) is 14.5 Å². The lowest BCUT2D eigenvalue weighted by atomic mass is 10.0. The molecule has 5 nitrogen and oxygen atoms in total. The van der Waals surface area contributed by atoms with Crippen LogP contribution in [0.15, 0.2) is 78.5 Å². The lowest BCUT2D eigenvalue weighted by Crippen LogP contribution is -2.32. The Morgan fingerprint density at radius 1 is 0.839 bits per heavy atom. The van der Waals surface area contributed by atoms with Gasteiger partial charge < -0.3 is 10.1 Å². The van der Waals surface area contributed by atoms with Crippen molar-refractivity contribution in [3.05, 3.63) is 101 Å². The van der Waals surface area contributed by atoms with E-state index in [1.807, 2.05) is 74.5 Å². The molecule has 3 aromatic carbocycles. The molecule has 0 fully saturated rings. The summed E-state index contributed by atoms with van der Waals surface area (Å²) in [5, 5.41) is 3.22. The maximum atomic E-state index is 13.5. The summed E-state index contributed by atoms with van der Waals surface area (Å²) >= 11 is 0. The number of nitrogens with one attached hydrogen (secondary N) is 1. The van der Waals surface area contributed by atoms with E-state index in [0.29, 0.717) is 16.9 Å². The zero-order valence-corrected chi connectivity index (χ0v) is 17.8. The number of ether oxygens (including phenoxy) is 1. The third-order valence-electron chi connectivity index (χ3n) is 5.50. The van der Waals surface area contributed by atoms with Crippen LogP contribution in [0.4, 0.5) is 5.69 Å². The van der Waals surface area contributed by atoms with Gasteiger partial charge in [0.25, 0.3) is 11.8 Å². The molecule has 0 aliphatic carbocycles. The summed E-state index contributed by atoms with van der Waals surface area (Å²) in [4.78, 5) is 28.1. The third kappa shape index (κ3) is 3.94. The summed E-state index contributed by atoms with van der Waals surface area (Å²) < 4.78 is 5.48. The molecule has 0 saturated carbocycles. The fourth-order valence-electron chi connectivity index (χ4n) is 3.67. The van der Waals surface area contributed by atoms with Crippen molar-refractivity contribution in [2.45, 2.75) is 20.4 Å². The fourth-order valence-corrected chi connectivity index (χ4v) is 3.67. The summed E-state index contributed by atoms with van der Waals surface area (Å²) in [5.74, 6) is -0.155. The minimum absolute atomic E-state index is 0.204. The van der Waals surface area contributed by atoms with Crippen molar-refractivity contribution in [3.8, 4) is 5.75 Å². The molecule has 2 amide bonds. The molecule has 156 valence electrons. The van der Waals surface area contributed by atoms with Gasteiger partial charge in [-0.15, -0.1) is 0 Å². The molecule has 0 atom stereocenters. The molecule has 0 radical (unpaired) electrons. The molecule has 1 N–H and O–H groups in total. The van der Waals surface area contributed by atoms with E-state index in [-0.39, 0.29) is 24.1 Å². The van der Waals surface area contributed by atoms with Crippen molar-refractivity contribution in [3.63, 3.8) is 0 Å². The van der Waals surface area contributed by atoms with E-state index >= 15 is 0 Å². The van der Waals surface area contributed by atoms with Crippen LogP contribution in [0.25, 0.3) is 5.57 Å². The van der Waals surface area contributed by atoms with Crippen molar-refractivity contribution in [2.75, 3.05) is 12.4 Å². The second kappa shape index (κ2) is 8.48. The molecule has 0 spiro atoms. The number of amides is 2. The molecular weight excluding hydrogens is 388 g/mol. The van der Waals surface area contributed by atoms with Crippen LogP contribution < -0.4 is 10.1 Å². The highest BCUT2D eigenvalue weighted by Gasteiger charge is 2.40. The fraction of sp³-hybridized carbons (Fsp3) is 0.154. The molecule has 3 aromatic rings. The highest BCUT2D eigenvalue weighted by atomic mass is 16.5. The standard InChI is InChI=1S/C26H24N2O3/c1-17-13-14-20(15-18(17)2)27-24-23(21-11-7-8-12-22(21)31-3)25(29)28(26(24)30)16-19-9-5-4-6-10-19/h4-15,27H,16H2,1-3H3. The summed E-state index contributed by atoms with van der Waals surface area (Å²) in [6.07, 6.45) is 0. The molecule has 1 aliphatic rings. The number of anilines is 1. The predicted molar refractivity (Wildman–Crippen MR) is 121 cm³/mol. The maximum Gasteiger partial charge on any atom is 0.278 e. The topological polar surface area (TPSA) is 58.6 Å². The van der Waals surface area contributed by atoms with E-state index in [4.69, 9.17) is 4.74 Å². The van der Waals surface area contributed by atoms with Crippen molar-refractivity contribution in [1.29, 1.82) is 0 Å². The number of imide groups is 1. The Balaban J connectivity index is 1.79. The molecule has 5 heteroatoms. The van der Waals surface area contributed by atoms with Gasteiger partial charge in [0, 0.05) is 11.3 Å². The lowest BCUT2D eigenvalue weighted by Gasteiger charge is -2.15. The van der Waals surface area contributed by atoms with Gasteiger partial charge in [0.05, 0.1) is 19.2 Å². The van der Waals surface area contributed by atoms with Crippen LogP contribution >= 0.6 is 0 Å². The normalized spacial score (nSPS) is 13.7. The maximum absolute atomic E-state index is 13.5. The zero-order chi connectivity index (χ0) is 22.0. The Hall–Kier alpha value is -3.86. The number of rotatable bonds is 6. The van der Waals surface area contributed by atoms with Gasteiger partial charge in [0.15, 0.2) is 0 Å². The molecule has 0 saturated heterocycles. The first kappa shape index (κ1) is 20.4. The van der Waals surface area contributed by atoms with E-state index in [1.54, 1.807) is 19.2 Å². The van der Waals surface area contributed by atoms with Crippen LogP contribution in [0.3, 0.4) is 0 Å². The summed E-state index contributed by atoms with van der Waals surface area (Å²) in [7, 11) is 1.55. The van der Waals surface area contributed by atoms with E-state index in [0.717, 1.165) is 22.4 Å². The van der Waals surface area contributed by atoms with E-state index in [9.17, 15) is 9.59 Å². The van der Waals surface area contributed by atoms with Crippen LogP contribution in [-0.4, -0.2) is 23.8 Å². The number of benzene rings is 3. The van der Waals surface area contributed by atoms with E-state index in [2.05, 4.69) is 5.32 Å². The number of hydrogen-bond acceptors (Lipinski definition) is 4. The summed E-state index contributed by atoms with van der Waals surface area (Å²) in [6, 6.07) is 22.6. The quantitative estimate of drug-likeness (QED) is 0.596. The molecular formula is C26H24N2O3. The molecule has 0 bridgehead atoms. The second-order valence-electron chi connectivity index (χ2n) is 7.56. The van der Waals surface area contributed by atoms with Crippen molar-refractivity contribution >= 4 is 23.1 Å². The van der Waals surface area contributed by atoms with Gasteiger partial charge in [-0.25, -0.2) is 0 Å². The summed E-state index contributed by atoms with van der Waals surface area (Å²) in [6.45, 7) is 4.25. The molecule has 31 heavy (non-hydrogen) atoms. The largest absolute Gasteiger partial charge is 0.496 e. The number of para-hydroxylation sites is 1. The van der Waals surface area contributed by atoms with Gasteiger partial charge in [-0.1, -0.05) is 54.6 Å². The molecule has 4 rings (SSSR count). The number of methoxy groups -OCH3 is 1. The molecule has 1 heterocycles. The minimum Gasteiger partial charge on any atom is -0.496 e. The summed E-state index contributed by atoms with van der Waals surface area (Å²) in [5.41, 5.74) is 5.06. The highest BCUT2D eigenvalue weighted by molar-refractivity contribution is 6.36. The molecule has 0 unspecified atom stereocenters. The highest BCUT2D eigenvalue weighted by Crippen LogP contribution is 2.36. The predicted octanol–water partition coefficient (Wildman–Crippen LogP) is 4.70. The molecule has 0 aromatic heterocycles. The van der Waals surface area contributed by atoms with Crippen molar-refractivity contribution < 1.29 is 14.3 Å². The van der Waals surface area contributed by atoms with Crippen LogP contribution in [0.2, 0.25) is 0 Å². The first-order valence-corrected chi connectivity index (χ1v) is 10.1. The number of carbonyl (C=O) groups excluding carboxylic acids is 2. The minimum atomic E-state index is -0.354. The first-order valence-electron chi connectivity index (χ1n) is 10.1. The van der Waals surface area contributed by atoms with Crippen LogP contribution in [0.5, 0.6) is 5.75 Å². The van der Waals surface area contributed by atoms with Gasteiger partial charge in [-0.05, 0) is 48.7 Å². The van der Waals surface area contributed by atoms with Crippen LogP contribution in [0, 0.1) is 13.8 Å². The van der Waals surface area contributed by atoms with Gasteiger partial charge in [0.1, 0.15) is 11.4 Å². The Labute approximate surface area is 182 Å². The second-order valence-corrected chi connectivity index (χ2v) is 7.56. The first-order chi connectivity index (χ1) is 15.0. The van der Waals surface area contributed by atoms with Crippen LogP contribution in [0.1, 0.15) is 22.3 Å². The smallest absolute Gasteiger partial charge is 0.278 e. The SMILES string of the molecule is COc1ccccc1C1=C(Nc2ccc(C)c(C)c2)C(=O)N(Cc2ccccc2)C1=O. The average Bonchev–Trinajstić information content (AvgIpc) is 3.01. The van der Waals surface area contributed by atoms with Gasteiger partial charge in [0.2, 0.25) is 0 Å². The number of nitrogens with zero attached hydrogens (tertiary/aromatic N) is 1. The Kier molecular flexibility index (Phi) is 5.58. The van der Waals surface area contributed by atoms with Gasteiger partial charge >= 0.3 is 0 Å². The Morgan fingerprint density at radius 3 is 2.26 bits per heavy atom. The average molecular weight is 412 g/mol. The number of hydrogen-bond donors (Lipinski definition) is 1. The van der Waals surface area contributed by atoms with Gasteiger partial charge in [-0.2, -0.15) is 0 Å². The molecule has 1 aliphatic heterocycles. The number of carbonyl (C=O) groups is 2. The van der Waals surface area contributed by atoms with Crippen molar-refractivity contribution in [1.82, 2.24) is 4.90 Å². The monoisotopic (exact) mass is 412 g/mol. The number of aryl methyl sites for hydroxylation is 2.